The van der Waals surface area contributed by atoms with Crippen LogP contribution in [0.3, 0.4) is 0 Å². The first-order valence-electron chi connectivity index (χ1n) is 6.50. The summed E-state index contributed by atoms with van der Waals surface area (Å²) in [6, 6.07) is 1.17. The van der Waals surface area contributed by atoms with Crippen LogP contribution in [0.4, 0.5) is 0 Å². The van der Waals surface area contributed by atoms with E-state index in [1.54, 1.807) is 6.07 Å². The number of rotatable bonds is 4. The lowest BCUT2D eigenvalue weighted by molar-refractivity contribution is -0.138. The molecular formula is C13H17NO5S2. The molecule has 1 atom stereocenters. The van der Waals surface area contributed by atoms with Gasteiger partial charge in [0.25, 0.3) is 5.91 Å². The molecule has 0 radical (unpaired) electrons. The third kappa shape index (κ3) is 3.62. The highest BCUT2D eigenvalue weighted by Gasteiger charge is 2.36. The highest BCUT2D eigenvalue weighted by molar-refractivity contribution is 7.91. The molecule has 21 heavy (non-hydrogen) atoms. The summed E-state index contributed by atoms with van der Waals surface area (Å²) in [5, 5.41) is 8.99. The molecule has 1 aliphatic heterocycles. The van der Waals surface area contributed by atoms with E-state index in [2.05, 4.69) is 0 Å². The Morgan fingerprint density at radius 3 is 2.52 bits per heavy atom. The molecule has 2 heterocycles. The quantitative estimate of drug-likeness (QED) is 0.891. The van der Waals surface area contributed by atoms with E-state index in [-0.39, 0.29) is 11.5 Å². The summed E-state index contributed by atoms with van der Waals surface area (Å²) in [7, 11) is -3.18. The summed E-state index contributed by atoms with van der Waals surface area (Å²) in [5.41, 5.74) is 0.970. The van der Waals surface area contributed by atoms with E-state index in [0.717, 1.165) is 10.4 Å². The van der Waals surface area contributed by atoms with E-state index in [4.69, 9.17) is 5.11 Å². The van der Waals surface area contributed by atoms with Crippen LogP contribution in [0.1, 0.15) is 26.5 Å². The second kappa shape index (κ2) is 5.76. The van der Waals surface area contributed by atoms with Crippen molar-refractivity contribution in [2.75, 3.05) is 18.1 Å². The van der Waals surface area contributed by atoms with Gasteiger partial charge in [0.2, 0.25) is 0 Å². The number of hydrogen-bond donors (Lipinski definition) is 1. The molecule has 116 valence electrons. The molecule has 8 heteroatoms. The molecule has 0 spiro atoms. The van der Waals surface area contributed by atoms with Crippen LogP contribution < -0.4 is 0 Å². The van der Waals surface area contributed by atoms with Crippen LogP contribution in [0.25, 0.3) is 0 Å². The number of sulfone groups is 1. The number of carboxylic acids is 1. The molecule has 6 nitrogen and oxygen atoms in total. The molecule has 1 N–H and O–H groups in total. The minimum absolute atomic E-state index is 0.00353. The Bertz CT molecular complexity index is 657. The zero-order valence-electron chi connectivity index (χ0n) is 11.8. The van der Waals surface area contributed by atoms with Gasteiger partial charge in [0, 0.05) is 10.9 Å². The summed E-state index contributed by atoms with van der Waals surface area (Å²) >= 11 is 1.30. The number of thiophene rings is 1. The Balaban J connectivity index is 2.27. The van der Waals surface area contributed by atoms with Crippen LogP contribution in [-0.4, -0.2) is 54.4 Å². The van der Waals surface area contributed by atoms with Gasteiger partial charge in [-0.05, 0) is 31.9 Å². The number of carboxylic acid groups (broad SMARTS) is 1. The molecular weight excluding hydrogens is 314 g/mol. The van der Waals surface area contributed by atoms with Gasteiger partial charge in [-0.25, -0.2) is 8.42 Å². The molecule has 2 rings (SSSR count). The van der Waals surface area contributed by atoms with E-state index in [9.17, 15) is 18.0 Å². The van der Waals surface area contributed by atoms with Crippen molar-refractivity contribution in [1.29, 1.82) is 0 Å². The van der Waals surface area contributed by atoms with Crippen molar-refractivity contribution in [3.05, 3.63) is 21.4 Å². The lowest BCUT2D eigenvalue weighted by Crippen LogP contribution is -2.43. The van der Waals surface area contributed by atoms with Crippen LogP contribution >= 0.6 is 11.3 Å². The largest absolute Gasteiger partial charge is 0.480 e. The van der Waals surface area contributed by atoms with Gasteiger partial charge in [-0.2, -0.15) is 0 Å². The van der Waals surface area contributed by atoms with Crippen molar-refractivity contribution in [3.8, 4) is 0 Å². The van der Waals surface area contributed by atoms with Crippen LogP contribution in [0.5, 0.6) is 0 Å². The van der Waals surface area contributed by atoms with E-state index in [0.29, 0.717) is 11.3 Å². The fourth-order valence-electron chi connectivity index (χ4n) is 2.35. The van der Waals surface area contributed by atoms with Gasteiger partial charge in [0.15, 0.2) is 9.84 Å². The highest BCUT2D eigenvalue weighted by atomic mass is 32.2. The molecule has 1 unspecified atom stereocenters. The van der Waals surface area contributed by atoms with Crippen molar-refractivity contribution in [1.82, 2.24) is 4.90 Å². The van der Waals surface area contributed by atoms with Crippen molar-refractivity contribution in [2.24, 2.45) is 0 Å². The first-order valence-corrected chi connectivity index (χ1v) is 9.13. The lowest BCUT2D eigenvalue weighted by Gasteiger charge is -2.26. The zero-order chi connectivity index (χ0) is 15.8. The topological polar surface area (TPSA) is 91.8 Å². The van der Waals surface area contributed by atoms with E-state index >= 15 is 0 Å². The Kier molecular flexibility index (Phi) is 4.38. The first kappa shape index (κ1) is 16.0. The number of amides is 1. The molecule has 0 bridgehead atoms. The zero-order valence-corrected chi connectivity index (χ0v) is 13.5. The van der Waals surface area contributed by atoms with Crippen molar-refractivity contribution in [2.45, 2.75) is 26.3 Å². The Hall–Kier alpha value is -1.41. The van der Waals surface area contributed by atoms with Gasteiger partial charge >= 0.3 is 5.97 Å². The standard InChI is InChI=1S/C13H17NO5S2/c1-8-5-11(20-9(8)2)13(17)14(6-12(15)16)10-3-4-21(18,19)7-10/h5,10H,3-4,6-7H2,1-2H3,(H,15,16). The van der Waals surface area contributed by atoms with E-state index in [1.165, 1.54) is 16.2 Å². The number of hydrogen-bond acceptors (Lipinski definition) is 5. The smallest absolute Gasteiger partial charge is 0.323 e. The molecule has 1 aliphatic rings. The maximum Gasteiger partial charge on any atom is 0.323 e. The summed E-state index contributed by atoms with van der Waals surface area (Å²) in [5.74, 6) is -1.70. The molecule has 0 aromatic carbocycles. The predicted octanol–water partition coefficient (Wildman–Crippen LogP) is 1.08. The first-order chi connectivity index (χ1) is 9.69. The fraction of sp³-hybridized carbons (Fsp3) is 0.538. The monoisotopic (exact) mass is 331 g/mol. The summed E-state index contributed by atoms with van der Waals surface area (Å²) in [6.45, 7) is 3.29. The van der Waals surface area contributed by atoms with Crippen LogP contribution in [0.15, 0.2) is 6.07 Å². The fourth-order valence-corrected chi connectivity index (χ4v) is 5.07. The number of aliphatic carboxylic acids is 1. The average molecular weight is 331 g/mol. The predicted molar refractivity (Wildman–Crippen MR) is 79.5 cm³/mol. The van der Waals surface area contributed by atoms with Gasteiger partial charge < -0.3 is 10.0 Å². The van der Waals surface area contributed by atoms with Crippen LogP contribution in [0.2, 0.25) is 0 Å². The molecule has 0 saturated carbocycles. The number of carbonyl (C=O) groups excluding carboxylic acids is 1. The minimum atomic E-state index is -3.18. The van der Waals surface area contributed by atoms with Crippen LogP contribution in [0, 0.1) is 13.8 Å². The Morgan fingerprint density at radius 1 is 1.43 bits per heavy atom. The third-order valence-corrected chi connectivity index (χ3v) is 6.48. The van der Waals surface area contributed by atoms with Crippen molar-refractivity contribution >= 4 is 33.1 Å². The number of aryl methyl sites for hydroxylation is 2. The van der Waals surface area contributed by atoms with Gasteiger partial charge in [0.1, 0.15) is 6.54 Å². The maximum atomic E-state index is 12.5. The molecule has 0 aliphatic carbocycles. The Labute approximate surface area is 127 Å². The average Bonchev–Trinajstić information content (AvgIpc) is 2.89. The lowest BCUT2D eigenvalue weighted by atomic mass is 10.2. The van der Waals surface area contributed by atoms with Gasteiger partial charge in [-0.1, -0.05) is 0 Å². The number of carbonyl (C=O) groups is 2. The second-order valence-corrected chi connectivity index (χ2v) is 8.72. The van der Waals surface area contributed by atoms with Crippen molar-refractivity contribution in [3.63, 3.8) is 0 Å². The maximum absolute atomic E-state index is 12.5. The summed E-state index contributed by atoms with van der Waals surface area (Å²) in [6.07, 6.45) is 0.296. The van der Waals surface area contributed by atoms with Gasteiger partial charge in [-0.15, -0.1) is 11.3 Å². The number of nitrogens with zero attached hydrogens (tertiary/aromatic N) is 1. The minimum Gasteiger partial charge on any atom is -0.480 e. The normalized spacial score (nSPS) is 20.4. The molecule has 1 amide bonds. The Morgan fingerprint density at radius 2 is 2.10 bits per heavy atom. The SMILES string of the molecule is Cc1cc(C(=O)N(CC(=O)O)C2CCS(=O)(=O)C2)sc1C. The molecule has 1 aromatic heterocycles. The summed E-state index contributed by atoms with van der Waals surface area (Å²) < 4.78 is 23.1. The van der Waals surface area contributed by atoms with Gasteiger partial charge in [0.05, 0.1) is 16.4 Å². The van der Waals surface area contributed by atoms with Crippen LogP contribution in [-0.2, 0) is 14.6 Å². The molecule has 1 fully saturated rings. The molecule has 1 saturated heterocycles. The highest BCUT2D eigenvalue weighted by Crippen LogP contribution is 2.25. The van der Waals surface area contributed by atoms with Crippen molar-refractivity contribution < 1.29 is 23.1 Å². The third-order valence-electron chi connectivity index (χ3n) is 3.59. The van der Waals surface area contributed by atoms with Gasteiger partial charge in [-0.3, -0.25) is 9.59 Å². The molecule has 1 aromatic rings. The van der Waals surface area contributed by atoms with E-state index in [1.807, 2.05) is 13.8 Å². The second-order valence-electron chi connectivity index (χ2n) is 5.23. The summed E-state index contributed by atoms with van der Waals surface area (Å²) in [4.78, 5) is 26.1. The van der Waals surface area contributed by atoms with E-state index < -0.39 is 34.3 Å².